The van der Waals surface area contributed by atoms with Crippen LogP contribution in [0, 0.1) is 11.8 Å². The average molecular weight is 509 g/mol. The van der Waals surface area contributed by atoms with E-state index in [1.54, 1.807) is 0 Å². The minimum atomic E-state index is -0.724. The highest BCUT2D eigenvalue weighted by Crippen LogP contribution is 2.37. The molecule has 4 heterocycles. The van der Waals surface area contributed by atoms with Gasteiger partial charge in [0, 0.05) is 68.8 Å². The number of nitrogens with zero attached hydrogens (tertiary/aromatic N) is 4. The Balaban J connectivity index is 1.16. The summed E-state index contributed by atoms with van der Waals surface area (Å²) >= 11 is 0. The van der Waals surface area contributed by atoms with Crippen LogP contribution in [0.15, 0.2) is 65.8 Å². The average Bonchev–Trinajstić information content (AvgIpc) is 3.66. The number of aliphatic imine (C=N–C) groups is 1. The van der Waals surface area contributed by atoms with Gasteiger partial charge in [-0.1, -0.05) is 42.5 Å². The van der Waals surface area contributed by atoms with Gasteiger partial charge in [0.2, 0.25) is 5.91 Å². The van der Waals surface area contributed by atoms with Crippen LogP contribution in [0.4, 0.5) is 0 Å². The van der Waals surface area contributed by atoms with Crippen LogP contribution in [0.1, 0.15) is 37.7 Å². The molecule has 1 saturated carbocycles. The summed E-state index contributed by atoms with van der Waals surface area (Å²) in [6, 6.07) is 18.7. The molecule has 1 spiro atoms. The van der Waals surface area contributed by atoms with E-state index in [2.05, 4.69) is 53.5 Å². The molecule has 0 radical (unpaired) electrons. The van der Waals surface area contributed by atoms with E-state index in [-0.39, 0.29) is 17.7 Å². The Labute approximate surface area is 222 Å². The molecule has 1 aromatic heterocycles. The van der Waals surface area contributed by atoms with Crippen molar-refractivity contribution in [2.75, 3.05) is 32.8 Å². The third-order valence-electron chi connectivity index (χ3n) is 8.59. The highest BCUT2D eigenvalue weighted by molar-refractivity contribution is 6.15. The molecule has 1 atom stereocenters. The number of hydrogen-bond donors (Lipinski definition) is 0. The molecule has 2 saturated heterocycles. The van der Waals surface area contributed by atoms with Crippen LogP contribution < -0.4 is 0 Å². The second kappa shape index (κ2) is 9.31. The number of carbonyl (C=O) groups excluding carboxylic acids is 2. The Bertz CT molecular complexity index is 1420. The second-order valence-corrected chi connectivity index (χ2v) is 11.2. The fourth-order valence-electron chi connectivity index (χ4n) is 6.17. The predicted octanol–water partition coefficient (Wildman–Crippen LogP) is 4.30. The summed E-state index contributed by atoms with van der Waals surface area (Å²) in [5, 5.41) is 1.12. The van der Waals surface area contributed by atoms with Gasteiger partial charge in [-0.15, -0.1) is 0 Å². The summed E-state index contributed by atoms with van der Waals surface area (Å²) < 4.78 is 5.59. The summed E-state index contributed by atoms with van der Waals surface area (Å²) in [7, 11) is 0. The van der Waals surface area contributed by atoms with Crippen LogP contribution in [-0.4, -0.2) is 70.8 Å². The van der Waals surface area contributed by atoms with Gasteiger partial charge in [0.25, 0.3) is 5.91 Å². The van der Waals surface area contributed by atoms with Gasteiger partial charge in [-0.3, -0.25) is 24.5 Å². The molecule has 1 aliphatic carbocycles. The van der Waals surface area contributed by atoms with Crippen molar-refractivity contribution in [3.63, 3.8) is 0 Å². The first kappa shape index (κ1) is 23.5. The van der Waals surface area contributed by atoms with E-state index in [1.807, 2.05) is 22.1 Å². The van der Waals surface area contributed by atoms with Crippen LogP contribution in [0.3, 0.4) is 0 Å². The smallest absolute Gasteiger partial charge is 0.256 e. The normalized spacial score (nSPS) is 22.9. The molecule has 7 nitrogen and oxygen atoms in total. The molecular formula is C31H32N4O3. The number of benzene rings is 2. The van der Waals surface area contributed by atoms with Crippen LogP contribution in [0.25, 0.3) is 22.0 Å². The Morgan fingerprint density at radius 2 is 1.74 bits per heavy atom. The van der Waals surface area contributed by atoms with Gasteiger partial charge in [-0.25, -0.2) is 0 Å². The van der Waals surface area contributed by atoms with Gasteiger partial charge in [-0.2, -0.15) is 0 Å². The molecule has 3 aromatic rings. The molecule has 38 heavy (non-hydrogen) atoms. The first-order chi connectivity index (χ1) is 18.6. The first-order valence-corrected chi connectivity index (χ1v) is 13.8. The van der Waals surface area contributed by atoms with E-state index in [4.69, 9.17) is 9.73 Å². The van der Waals surface area contributed by atoms with Crippen molar-refractivity contribution < 1.29 is 14.3 Å². The molecular weight excluding hydrogens is 476 g/mol. The topological polar surface area (TPSA) is 75.1 Å². The highest BCUT2D eigenvalue weighted by atomic mass is 16.5. The number of pyridine rings is 1. The summed E-state index contributed by atoms with van der Waals surface area (Å²) in [4.78, 5) is 40.0. The maximum absolute atomic E-state index is 13.9. The molecule has 194 valence electrons. The van der Waals surface area contributed by atoms with Gasteiger partial charge < -0.3 is 9.64 Å². The zero-order chi connectivity index (χ0) is 25.7. The maximum atomic E-state index is 13.9. The quantitative estimate of drug-likeness (QED) is 0.515. The number of rotatable bonds is 5. The summed E-state index contributed by atoms with van der Waals surface area (Å²) in [5.74, 6) is 1.66. The fourth-order valence-corrected chi connectivity index (χ4v) is 6.17. The highest BCUT2D eigenvalue weighted by Gasteiger charge is 2.50. The first-order valence-electron chi connectivity index (χ1n) is 13.8. The molecule has 2 aromatic carbocycles. The van der Waals surface area contributed by atoms with Crippen molar-refractivity contribution in [1.82, 2.24) is 14.8 Å². The van der Waals surface area contributed by atoms with Crippen molar-refractivity contribution >= 4 is 28.6 Å². The fraction of sp³-hybridized carbons (Fsp3) is 0.419. The van der Waals surface area contributed by atoms with Gasteiger partial charge in [0.05, 0.1) is 5.52 Å². The monoisotopic (exact) mass is 508 g/mol. The number of amides is 2. The van der Waals surface area contributed by atoms with E-state index in [1.165, 1.54) is 0 Å². The lowest BCUT2D eigenvalue weighted by molar-refractivity contribution is -0.134. The molecule has 1 unspecified atom stereocenters. The van der Waals surface area contributed by atoms with E-state index in [0.717, 1.165) is 65.8 Å². The van der Waals surface area contributed by atoms with Gasteiger partial charge in [-0.05, 0) is 48.4 Å². The van der Waals surface area contributed by atoms with E-state index in [0.29, 0.717) is 38.5 Å². The third-order valence-corrected chi connectivity index (χ3v) is 8.59. The summed E-state index contributed by atoms with van der Waals surface area (Å²) in [6.45, 7) is 3.24. The van der Waals surface area contributed by atoms with Crippen LogP contribution >= 0.6 is 0 Å². The Morgan fingerprint density at radius 1 is 0.974 bits per heavy atom. The van der Waals surface area contributed by atoms with Gasteiger partial charge >= 0.3 is 0 Å². The van der Waals surface area contributed by atoms with E-state index < -0.39 is 5.54 Å². The van der Waals surface area contributed by atoms with Gasteiger partial charge in [0.1, 0.15) is 11.4 Å². The Hall–Kier alpha value is -3.58. The van der Waals surface area contributed by atoms with Crippen molar-refractivity contribution in [3.8, 4) is 11.1 Å². The standard InChI is InChI=1S/C31H32N4O3/c36-29(25-8-9-25)34-15-11-21(19-34)20-35-28(33-31(30(35)37)12-16-38-17-13-31)24-6-3-22(4-7-24)26-10-5-23-2-1-14-32-27(23)18-26/h1-7,10,14,18,21,25H,8-9,11-13,15-17,19-20H2. The van der Waals surface area contributed by atoms with Crippen LogP contribution in [0.5, 0.6) is 0 Å². The molecule has 0 N–H and O–H groups in total. The van der Waals surface area contributed by atoms with Crippen molar-refractivity contribution in [1.29, 1.82) is 0 Å². The Kier molecular flexibility index (Phi) is 5.77. The maximum Gasteiger partial charge on any atom is 0.256 e. The molecule has 3 fully saturated rings. The molecule has 3 aliphatic heterocycles. The van der Waals surface area contributed by atoms with Crippen LogP contribution in [0.2, 0.25) is 0 Å². The lowest BCUT2D eigenvalue weighted by atomic mass is 9.90. The number of amidine groups is 1. The number of fused-ring (bicyclic) bond motifs is 1. The zero-order valence-corrected chi connectivity index (χ0v) is 21.5. The summed E-state index contributed by atoms with van der Waals surface area (Å²) in [6.07, 6.45) is 6.03. The SMILES string of the molecule is O=C(C1CC1)N1CCC(CN2C(=O)C3(CCOCC3)N=C2c2ccc(-c3ccc4cccnc4c3)cc2)C1. The lowest BCUT2D eigenvalue weighted by Crippen LogP contribution is -2.47. The van der Waals surface area contributed by atoms with Crippen LogP contribution in [-0.2, 0) is 14.3 Å². The largest absolute Gasteiger partial charge is 0.381 e. The second-order valence-electron chi connectivity index (χ2n) is 11.2. The van der Waals surface area contributed by atoms with E-state index >= 15 is 0 Å². The number of ether oxygens (including phenoxy) is 1. The minimum absolute atomic E-state index is 0.0902. The predicted molar refractivity (Wildman–Crippen MR) is 146 cm³/mol. The third kappa shape index (κ3) is 4.19. The van der Waals surface area contributed by atoms with Crippen molar-refractivity contribution in [2.45, 2.75) is 37.6 Å². The molecule has 0 bridgehead atoms. The van der Waals surface area contributed by atoms with E-state index in [9.17, 15) is 9.59 Å². The Morgan fingerprint density at radius 3 is 2.53 bits per heavy atom. The number of likely N-dealkylation sites (tertiary alicyclic amines) is 1. The number of aromatic nitrogens is 1. The van der Waals surface area contributed by atoms with Gasteiger partial charge in [0.15, 0.2) is 0 Å². The minimum Gasteiger partial charge on any atom is -0.381 e. The number of carbonyl (C=O) groups is 2. The molecule has 4 aliphatic rings. The number of hydrogen-bond acceptors (Lipinski definition) is 5. The molecule has 7 heteroatoms. The lowest BCUT2D eigenvalue weighted by Gasteiger charge is -2.30. The zero-order valence-electron chi connectivity index (χ0n) is 21.5. The molecule has 7 rings (SSSR count). The molecule has 2 amide bonds. The van der Waals surface area contributed by atoms with Crippen molar-refractivity contribution in [2.24, 2.45) is 16.8 Å². The summed E-state index contributed by atoms with van der Waals surface area (Å²) in [5.41, 5.74) is 3.41. The van der Waals surface area contributed by atoms with Crippen molar-refractivity contribution in [3.05, 3.63) is 66.4 Å².